The monoisotopic (exact) mass is 361 g/mol. The lowest BCUT2D eigenvalue weighted by atomic mass is 9.73. The Morgan fingerprint density at radius 3 is 2.29 bits per heavy atom. The summed E-state index contributed by atoms with van der Waals surface area (Å²) in [5.74, 6) is 0.522. The lowest BCUT2D eigenvalue weighted by Crippen LogP contribution is -2.57. The number of alkyl halides is 3. The number of benzene rings is 1. The van der Waals surface area contributed by atoms with Gasteiger partial charge in [-0.3, -0.25) is 0 Å². The summed E-state index contributed by atoms with van der Waals surface area (Å²) in [6, 6.07) is 5.03. The molecule has 1 aliphatic heterocycles. The van der Waals surface area contributed by atoms with Crippen molar-refractivity contribution < 1.29 is 23.1 Å². The number of carbonyl (C=O) groups is 1. The van der Waals surface area contributed by atoms with Crippen LogP contribution in [0.3, 0.4) is 0 Å². The molecular weight excluding hydrogens is 339 g/mol. The van der Waals surface area contributed by atoms with E-state index in [4.69, 9.17) is 0 Å². The van der Waals surface area contributed by atoms with Crippen LogP contribution in [0.1, 0.15) is 39.2 Å². The average Bonchev–Trinajstić information content (AvgIpc) is 2.89. The van der Waals surface area contributed by atoms with E-state index in [1.165, 1.54) is 28.8 Å². The van der Waals surface area contributed by atoms with Gasteiger partial charge in [0.2, 0.25) is 0 Å². The van der Waals surface area contributed by atoms with Gasteiger partial charge in [0, 0.05) is 17.2 Å². The van der Waals surface area contributed by atoms with E-state index in [1.54, 1.807) is 0 Å². The highest BCUT2D eigenvalue weighted by Gasteiger charge is 2.51. The fourth-order valence-corrected chi connectivity index (χ4v) is 4.71. The van der Waals surface area contributed by atoms with E-state index in [2.05, 4.69) is 0 Å². The number of nitrogens with zero attached hydrogens (tertiary/aromatic N) is 1. The molecule has 1 atom stereocenters. The first-order valence-electron chi connectivity index (χ1n) is 7.78. The third-order valence-corrected chi connectivity index (χ3v) is 6.00. The Balaban J connectivity index is 2.19. The number of hydrogen-bond donors (Lipinski definition) is 1. The van der Waals surface area contributed by atoms with Crippen LogP contribution in [0, 0.1) is 5.41 Å². The maximum atomic E-state index is 12.6. The number of hydrogen-bond acceptors (Lipinski definition) is 2. The van der Waals surface area contributed by atoms with Crippen molar-refractivity contribution in [1.29, 1.82) is 0 Å². The SMILES string of the molecule is CC(C)(C)C1(CSc2ccc(C(F)(F)F)cc2)CCCN1C(=O)O. The maximum absolute atomic E-state index is 12.6. The Labute approximate surface area is 144 Å². The van der Waals surface area contributed by atoms with Crippen LogP contribution in [-0.4, -0.2) is 33.9 Å². The predicted octanol–water partition coefficient (Wildman–Crippen LogP) is 5.36. The highest BCUT2D eigenvalue weighted by Crippen LogP contribution is 2.46. The van der Waals surface area contributed by atoms with E-state index in [9.17, 15) is 23.1 Å². The predicted molar refractivity (Wildman–Crippen MR) is 88.3 cm³/mol. The molecule has 0 aliphatic carbocycles. The molecule has 134 valence electrons. The molecule has 1 aromatic rings. The van der Waals surface area contributed by atoms with Crippen molar-refractivity contribution in [2.75, 3.05) is 12.3 Å². The molecule has 1 saturated heterocycles. The smallest absolute Gasteiger partial charge is 0.416 e. The largest absolute Gasteiger partial charge is 0.465 e. The van der Waals surface area contributed by atoms with Crippen LogP contribution in [0.5, 0.6) is 0 Å². The number of likely N-dealkylation sites (tertiary alicyclic amines) is 1. The molecule has 0 bridgehead atoms. The van der Waals surface area contributed by atoms with Crippen LogP contribution in [0.2, 0.25) is 0 Å². The van der Waals surface area contributed by atoms with Gasteiger partial charge >= 0.3 is 12.3 Å². The first kappa shape index (κ1) is 19.0. The van der Waals surface area contributed by atoms with E-state index < -0.39 is 23.4 Å². The van der Waals surface area contributed by atoms with Crippen LogP contribution < -0.4 is 0 Å². The van der Waals surface area contributed by atoms with Gasteiger partial charge in [0.05, 0.1) is 11.1 Å². The second-order valence-corrected chi connectivity index (χ2v) is 8.18. The standard InChI is InChI=1S/C17H22F3NO2S/c1-15(2,3)16(9-4-10-21(16)14(22)23)11-24-13-7-5-12(6-8-13)17(18,19)20/h5-8H,4,9-11H2,1-3H3,(H,22,23). The zero-order valence-electron chi connectivity index (χ0n) is 14.0. The lowest BCUT2D eigenvalue weighted by molar-refractivity contribution is -0.137. The van der Waals surface area contributed by atoms with Crippen LogP contribution in [0.25, 0.3) is 0 Å². The van der Waals surface area contributed by atoms with Gasteiger partial charge in [-0.2, -0.15) is 13.2 Å². The molecule has 1 aliphatic rings. The zero-order chi connectivity index (χ0) is 18.2. The number of halogens is 3. The summed E-state index contributed by atoms with van der Waals surface area (Å²) in [5.41, 5.74) is -1.46. The topological polar surface area (TPSA) is 40.5 Å². The molecule has 2 rings (SSSR count). The number of amides is 1. The summed E-state index contributed by atoms with van der Waals surface area (Å²) < 4.78 is 37.9. The van der Waals surface area contributed by atoms with E-state index in [1.807, 2.05) is 20.8 Å². The Morgan fingerprint density at radius 2 is 1.83 bits per heavy atom. The third kappa shape index (κ3) is 3.66. The molecule has 24 heavy (non-hydrogen) atoms. The van der Waals surface area contributed by atoms with E-state index >= 15 is 0 Å². The highest BCUT2D eigenvalue weighted by atomic mass is 32.2. The summed E-state index contributed by atoms with van der Waals surface area (Å²) in [4.78, 5) is 13.8. The van der Waals surface area contributed by atoms with E-state index in [0.717, 1.165) is 25.0 Å². The normalized spacial score (nSPS) is 22.0. The van der Waals surface area contributed by atoms with Crippen molar-refractivity contribution in [3.05, 3.63) is 29.8 Å². The van der Waals surface area contributed by atoms with Gasteiger partial charge in [-0.15, -0.1) is 11.8 Å². The average molecular weight is 361 g/mol. The summed E-state index contributed by atoms with van der Waals surface area (Å²) >= 11 is 1.41. The molecule has 3 nitrogen and oxygen atoms in total. The quantitative estimate of drug-likeness (QED) is 0.737. The lowest BCUT2D eigenvalue weighted by Gasteiger charge is -2.47. The molecule has 0 spiro atoms. The van der Waals surface area contributed by atoms with Gasteiger partial charge in [0.1, 0.15) is 0 Å². The molecule has 1 N–H and O–H groups in total. The van der Waals surface area contributed by atoms with Crippen molar-refractivity contribution in [2.24, 2.45) is 5.41 Å². The fraction of sp³-hybridized carbons (Fsp3) is 0.588. The second-order valence-electron chi connectivity index (χ2n) is 7.13. The summed E-state index contributed by atoms with van der Waals surface area (Å²) in [7, 11) is 0. The zero-order valence-corrected chi connectivity index (χ0v) is 14.8. The van der Waals surface area contributed by atoms with Crippen molar-refractivity contribution in [1.82, 2.24) is 4.90 Å². The summed E-state index contributed by atoms with van der Waals surface area (Å²) in [5, 5.41) is 9.53. The molecule has 1 aromatic carbocycles. The van der Waals surface area contributed by atoms with Crippen LogP contribution in [0.4, 0.5) is 18.0 Å². The first-order chi connectivity index (χ1) is 11.0. The summed E-state index contributed by atoms with van der Waals surface area (Å²) in [6.07, 6.45) is -3.72. The van der Waals surface area contributed by atoms with Crippen molar-refractivity contribution in [3.63, 3.8) is 0 Å². The molecule has 0 radical (unpaired) electrons. The Bertz CT molecular complexity index is 595. The van der Waals surface area contributed by atoms with Crippen LogP contribution >= 0.6 is 11.8 Å². The van der Waals surface area contributed by atoms with Gasteiger partial charge in [-0.05, 0) is 42.5 Å². The Hall–Kier alpha value is -1.37. The molecule has 0 saturated carbocycles. The van der Waals surface area contributed by atoms with Crippen molar-refractivity contribution in [2.45, 2.75) is 50.2 Å². The second kappa shape index (κ2) is 6.50. The van der Waals surface area contributed by atoms with Gasteiger partial charge in [-0.25, -0.2) is 4.79 Å². The van der Waals surface area contributed by atoms with Crippen LogP contribution in [0.15, 0.2) is 29.2 Å². The highest BCUT2D eigenvalue weighted by molar-refractivity contribution is 7.99. The Morgan fingerprint density at radius 1 is 1.25 bits per heavy atom. The number of carboxylic acid groups (broad SMARTS) is 1. The number of rotatable bonds is 3. The summed E-state index contributed by atoms with van der Waals surface area (Å²) in [6.45, 7) is 6.55. The molecule has 0 aromatic heterocycles. The van der Waals surface area contributed by atoms with Crippen molar-refractivity contribution >= 4 is 17.9 Å². The maximum Gasteiger partial charge on any atom is 0.416 e. The van der Waals surface area contributed by atoms with E-state index in [-0.39, 0.29) is 5.41 Å². The molecule has 1 unspecified atom stereocenters. The van der Waals surface area contributed by atoms with Gasteiger partial charge in [0.15, 0.2) is 0 Å². The van der Waals surface area contributed by atoms with Crippen molar-refractivity contribution in [3.8, 4) is 0 Å². The minimum Gasteiger partial charge on any atom is -0.465 e. The molecular formula is C17H22F3NO2S. The molecule has 1 fully saturated rings. The van der Waals surface area contributed by atoms with Gasteiger partial charge < -0.3 is 10.0 Å². The molecule has 1 heterocycles. The first-order valence-corrected chi connectivity index (χ1v) is 8.76. The molecule has 7 heteroatoms. The van der Waals surface area contributed by atoms with Gasteiger partial charge in [-0.1, -0.05) is 20.8 Å². The van der Waals surface area contributed by atoms with E-state index in [0.29, 0.717) is 17.2 Å². The molecule has 1 amide bonds. The Kier molecular flexibility index (Phi) is 5.14. The van der Waals surface area contributed by atoms with Crippen LogP contribution in [-0.2, 0) is 6.18 Å². The third-order valence-electron chi connectivity index (χ3n) is 4.77. The number of thioether (sulfide) groups is 1. The van der Waals surface area contributed by atoms with Gasteiger partial charge in [0.25, 0.3) is 0 Å². The minimum absolute atomic E-state index is 0.263. The minimum atomic E-state index is -4.35. The fourth-order valence-electron chi connectivity index (χ4n) is 3.25.